The molecule has 2 saturated carbocycles. The van der Waals surface area contributed by atoms with Gasteiger partial charge in [-0.15, -0.1) is 0 Å². The molecule has 198 valence electrons. The summed E-state index contributed by atoms with van der Waals surface area (Å²) in [7, 11) is -0.343. The minimum absolute atomic E-state index is 0.201. The smallest absolute Gasteiger partial charge is 0.404 e. The molecule has 38 heavy (non-hydrogen) atoms. The number of benzene rings is 3. The van der Waals surface area contributed by atoms with Crippen LogP contribution in [0.15, 0.2) is 91.0 Å². The minimum Gasteiger partial charge on any atom is -0.404 e. The summed E-state index contributed by atoms with van der Waals surface area (Å²) in [6, 6.07) is 31.8. The summed E-state index contributed by atoms with van der Waals surface area (Å²) in [6.45, 7) is 0.394. The van der Waals surface area contributed by atoms with Crippen LogP contribution < -0.4 is 0 Å². The van der Waals surface area contributed by atoms with Crippen LogP contribution in [0.2, 0.25) is 0 Å². The van der Waals surface area contributed by atoms with Crippen LogP contribution >= 0.6 is 0 Å². The van der Waals surface area contributed by atoms with Crippen molar-refractivity contribution in [3.63, 3.8) is 0 Å². The van der Waals surface area contributed by atoms with Gasteiger partial charge in [0, 0.05) is 0 Å². The Labute approximate surface area is 229 Å². The maximum atomic E-state index is 7.09. The SMILES string of the molecule is c1ccc(C(OCB2O[C@@H](C3CCCCC3)[C@H](C3CCCCC3)O2)(c2ccccc2)c2ccccc2)cc1. The highest BCUT2D eigenvalue weighted by Crippen LogP contribution is 2.43. The van der Waals surface area contributed by atoms with Crippen molar-refractivity contribution in [3.8, 4) is 0 Å². The Morgan fingerprint density at radius 2 is 0.921 bits per heavy atom. The summed E-state index contributed by atoms with van der Waals surface area (Å²) in [6.07, 6.45) is 13.5. The zero-order valence-corrected chi connectivity index (χ0v) is 22.5. The minimum atomic E-state index is -0.750. The zero-order valence-electron chi connectivity index (χ0n) is 22.5. The molecule has 0 spiro atoms. The fraction of sp³-hybridized carbons (Fsp3) is 0.471. The van der Waals surface area contributed by atoms with Gasteiger partial charge >= 0.3 is 7.12 Å². The normalized spacial score (nSPS) is 23.5. The Kier molecular flexibility index (Phi) is 8.30. The first-order chi connectivity index (χ1) is 18.8. The Morgan fingerprint density at radius 1 is 0.553 bits per heavy atom. The van der Waals surface area contributed by atoms with E-state index in [-0.39, 0.29) is 19.3 Å². The molecule has 2 aliphatic carbocycles. The first-order valence-corrected chi connectivity index (χ1v) is 15.0. The van der Waals surface area contributed by atoms with Crippen LogP contribution in [0.25, 0.3) is 0 Å². The van der Waals surface area contributed by atoms with Crippen molar-refractivity contribution in [3.05, 3.63) is 108 Å². The molecule has 4 heteroatoms. The molecule has 6 rings (SSSR count). The molecule has 3 aromatic rings. The molecule has 3 aliphatic rings. The molecule has 1 aliphatic heterocycles. The number of hydrogen-bond acceptors (Lipinski definition) is 3. The quantitative estimate of drug-likeness (QED) is 0.228. The van der Waals surface area contributed by atoms with Crippen LogP contribution in [0.4, 0.5) is 0 Å². The average molecular weight is 509 g/mol. The van der Waals surface area contributed by atoms with Crippen LogP contribution in [0.5, 0.6) is 0 Å². The van der Waals surface area contributed by atoms with Crippen molar-refractivity contribution >= 4 is 7.12 Å². The van der Waals surface area contributed by atoms with Crippen molar-refractivity contribution in [2.75, 3.05) is 6.51 Å². The Bertz CT molecular complexity index is 988. The highest BCUT2D eigenvalue weighted by atomic mass is 16.7. The second-order valence-corrected chi connectivity index (χ2v) is 11.5. The predicted octanol–water partition coefficient (Wildman–Crippen LogP) is 7.97. The average Bonchev–Trinajstić information content (AvgIpc) is 3.45. The topological polar surface area (TPSA) is 27.7 Å². The van der Waals surface area contributed by atoms with E-state index in [1.54, 1.807) is 0 Å². The summed E-state index contributed by atoms with van der Waals surface area (Å²) in [5, 5.41) is 0. The molecule has 1 saturated heterocycles. The summed E-state index contributed by atoms with van der Waals surface area (Å²) in [5.74, 6) is 1.23. The molecular formula is C34H41BO3. The Balaban J connectivity index is 1.31. The van der Waals surface area contributed by atoms with Gasteiger partial charge < -0.3 is 14.0 Å². The van der Waals surface area contributed by atoms with Gasteiger partial charge in [0.2, 0.25) is 0 Å². The lowest BCUT2D eigenvalue weighted by Crippen LogP contribution is -2.38. The summed E-state index contributed by atoms with van der Waals surface area (Å²) >= 11 is 0. The van der Waals surface area contributed by atoms with E-state index in [0.29, 0.717) is 18.3 Å². The second-order valence-electron chi connectivity index (χ2n) is 11.5. The third kappa shape index (κ3) is 5.36. The Hall–Kier alpha value is -2.40. The fourth-order valence-corrected chi connectivity index (χ4v) is 7.26. The molecule has 0 radical (unpaired) electrons. The van der Waals surface area contributed by atoms with Gasteiger partial charge in [0.1, 0.15) is 5.60 Å². The number of hydrogen-bond donors (Lipinski definition) is 0. The van der Waals surface area contributed by atoms with Crippen molar-refractivity contribution in [1.82, 2.24) is 0 Å². The van der Waals surface area contributed by atoms with Crippen LogP contribution in [0.1, 0.15) is 80.9 Å². The highest BCUT2D eigenvalue weighted by molar-refractivity contribution is 6.45. The molecule has 2 atom stereocenters. The van der Waals surface area contributed by atoms with Crippen molar-refractivity contribution in [2.45, 2.75) is 82.0 Å². The molecule has 0 N–H and O–H groups in total. The van der Waals surface area contributed by atoms with Gasteiger partial charge in [-0.1, -0.05) is 130 Å². The molecular weight excluding hydrogens is 467 g/mol. The van der Waals surface area contributed by atoms with E-state index >= 15 is 0 Å². The highest BCUT2D eigenvalue weighted by Gasteiger charge is 2.48. The standard InChI is InChI=1S/C34H41BO3/c1-6-16-27(17-7-1)32-33(28-18-8-2-9-19-28)38-35(37-32)26-36-34(29-20-10-3-11-21-29,30-22-12-4-13-23-30)31-24-14-5-15-25-31/h3-5,10-15,20-25,27-28,32-33H,1-2,6-9,16-19,26H2/t32-,33-/m0/s1. The van der Waals surface area contributed by atoms with E-state index in [2.05, 4.69) is 91.0 Å². The lowest BCUT2D eigenvalue weighted by atomic mass is 9.77. The van der Waals surface area contributed by atoms with E-state index in [1.165, 1.54) is 64.2 Å². The van der Waals surface area contributed by atoms with E-state index in [0.717, 1.165) is 16.7 Å². The first kappa shape index (κ1) is 25.9. The van der Waals surface area contributed by atoms with Gasteiger partial charge in [0.05, 0.1) is 18.7 Å². The maximum Gasteiger partial charge on any atom is 0.485 e. The lowest BCUT2D eigenvalue weighted by molar-refractivity contribution is 0.0280. The molecule has 0 aromatic heterocycles. The van der Waals surface area contributed by atoms with E-state index < -0.39 is 5.60 Å². The van der Waals surface area contributed by atoms with Crippen molar-refractivity contribution < 1.29 is 14.0 Å². The number of ether oxygens (including phenoxy) is 1. The molecule has 0 bridgehead atoms. The number of rotatable bonds is 8. The van der Waals surface area contributed by atoms with Crippen molar-refractivity contribution in [2.24, 2.45) is 11.8 Å². The fourth-order valence-electron chi connectivity index (χ4n) is 7.26. The Morgan fingerprint density at radius 3 is 1.29 bits per heavy atom. The van der Waals surface area contributed by atoms with Gasteiger partial charge in [-0.3, -0.25) is 0 Å². The second kappa shape index (κ2) is 12.2. The lowest BCUT2D eigenvalue weighted by Gasteiger charge is -2.36. The first-order valence-electron chi connectivity index (χ1n) is 15.0. The molecule has 3 fully saturated rings. The van der Waals surface area contributed by atoms with E-state index in [4.69, 9.17) is 14.0 Å². The van der Waals surface area contributed by atoms with Crippen LogP contribution in [-0.2, 0) is 19.6 Å². The monoisotopic (exact) mass is 508 g/mol. The van der Waals surface area contributed by atoms with Crippen LogP contribution in [0.3, 0.4) is 0 Å². The third-order valence-electron chi connectivity index (χ3n) is 9.15. The van der Waals surface area contributed by atoms with Gasteiger partial charge in [0.15, 0.2) is 0 Å². The summed E-state index contributed by atoms with van der Waals surface area (Å²) in [5.41, 5.74) is 2.59. The van der Waals surface area contributed by atoms with E-state index in [1.807, 2.05) is 0 Å². The maximum absolute atomic E-state index is 7.09. The molecule has 0 amide bonds. The molecule has 0 unspecified atom stereocenters. The summed E-state index contributed by atoms with van der Waals surface area (Å²) < 4.78 is 20.7. The summed E-state index contributed by atoms with van der Waals surface area (Å²) in [4.78, 5) is 0. The van der Waals surface area contributed by atoms with Gasteiger partial charge in [-0.05, 0) is 54.2 Å². The van der Waals surface area contributed by atoms with Crippen molar-refractivity contribution in [1.29, 1.82) is 0 Å². The zero-order chi connectivity index (χ0) is 25.6. The molecule has 1 heterocycles. The van der Waals surface area contributed by atoms with Crippen LogP contribution in [0, 0.1) is 11.8 Å². The molecule has 3 aromatic carbocycles. The predicted molar refractivity (Wildman–Crippen MR) is 154 cm³/mol. The molecule has 3 nitrogen and oxygen atoms in total. The largest absolute Gasteiger partial charge is 0.485 e. The van der Waals surface area contributed by atoms with Gasteiger partial charge in [-0.2, -0.15) is 0 Å². The third-order valence-corrected chi connectivity index (χ3v) is 9.15. The van der Waals surface area contributed by atoms with Gasteiger partial charge in [-0.25, -0.2) is 0 Å². The van der Waals surface area contributed by atoms with Crippen LogP contribution in [-0.4, -0.2) is 25.8 Å². The van der Waals surface area contributed by atoms with Gasteiger partial charge in [0.25, 0.3) is 0 Å². The van der Waals surface area contributed by atoms with E-state index in [9.17, 15) is 0 Å².